The first-order chi connectivity index (χ1) is 10.2. The van der Waals surface area contributed by atoms with Crippen molar-refractivity contribution in [3.05, 3.63) is 52.8 Å². The van der Waals surface area contributed by atoms with Crippen LogP contribution in [0.5, 0.6) is 0 Å². The van der Waals surface area contributed by atoms with Gasteiger partial charge in [0, 0.05) is 22.9 Å². The summed E-state index contributed by atoms with van der Waals surface area (Å²) in [4.78, 5) is 4.56. The second-order valence-corrected chi connectivity index (χ2v) is 6.09. The molecule has 0 atom stereocenters. The zero-order chi connectivity index (χ0) is 14.8. The largest absolute Gasteiger partial charge is 0.355 e. The van der Waals surface area contributed by atoms with Crippen LogP contribution in [0.1, 0.15) is 19.0 Å². The maximum Gasteiger partial charge on any atom is 0.207 e. The number of aryl methyl sites for hydroxylation is 1. The Kier molecular flexibility index (Phi) is 3.97. The average Bonchev–Trinajstić information content (AvgIpc) is 2.85. The first-order valence-corrected chi connectivity index (χ1v) is 7.96. The van der Waals surface area contributed by atoms with Crippen LogP contribution in [0.2, 0.25) is 0 Å². The van der Waals surface area contributed by atoms with E-state index < -0.39 is 0 Å². The van der Waals surface area contributed by atoms with Gasteiger partial charge < -0.3 is 5.32 Å². The van der Waals surface area contributed by atoms with E-state index in [-0.39, 0.29) is 0 Å². The summed E-state index contributed by atoms with van der Waals surface area (Å²) in [7, 11) is 0. The first-order valence-electron chi connectivity index (χ1n) is 7.17. The third kappa shape index (κ3) is 2.95. The monoisotopic (exact) mass is 343 g/mol. The summed E-state index contributed by atoms with van der Waals surface area (Å²) < 4.78 is 3.22. The molecule has 2 aromatic carbocycles. The van der Waals surface area contributed by atoms with Crippen LogP contribution in [0, 0.1) is 6.92 Å². The molecule has 3 nitrogen and oxygen atoms in total. The van der Waals surface area contributed by atoms with Crippen LogP contribution < -0.4 is 5.32 Å². The van der Waals surface area contributed by atoms with E-state index in [2.05, 4.69) is 80.3 Å². The quantitative estimate of drug-likeness (QED) is 0.728. The minimum Gasteiger partial charge on any atom is -0.355 e. The van der Waals surface area contributed by atoms with Crippen molar-refractivity contribution >= 4 is 32.7 Å². The Labute approximate surface area is 133 Å². The molecule has 3 aromatic rings. The number of fused-ring (bicyclic) bond motifs is 1. The number of nitrogens with one attached hydrogen (secondary N) is 1. The van der Waals surface area contributed by atoms with Gasteiger partial charge in [0.2, 0.25) is 5.95 Å². The van der Waals surface area contributed by atoms with Crippen molar-refractivity contribution in [2.45, 2.75) is 20.3 Å². The number of aromatic nitrogens is 2. The number of halogens is 1. The second-order valence-electron chi connectivity index (χ2n) is 5.18. The Morgan fingerprint density at radius 1 is 1.14 bits per heavy atom. The summed E-state index contributed by atoms with van der Waals surface area (Å²) in [6, 6.07) is 12.8. The lowest BCUT2D eigenvalue weighted by molar-refractivity contribution is 0.937. The maximum atomic E-state index is 4.56. The molecule has 1 N–H and O–H groups in total. The summed E-state index contributed by atoms with van der Waals surface area (Å²) in [5.74, 6) is 0.908. The van der Waals surface area contributed by atoms with Crippen molar-refractivity contribution in [2.24, 2.45) is 0 Å². The summed E-state index contributed by atoms with van der Waals surface area (Å²) in [5.41, 5.74) is 2.15. The van der Waals surface area contributed by atoms with Crippen LogP contribution in [-0.4, -0.2) is 16.1 Å². The molecule has 0 aliphatic carbocycles. The van der Waals surface area contributed by atoms with Crippen LogP contribution in [0.15, 0.2) is 47.1 Å². The zero-order valence-corrected chi connectivity index (χ0v) is 13.8. The SMILES string of the molecule is CCCNc1nc(C)cn1-c1ccc2cc(Br)ccc2c1. The molecule has 0 aliphatic heterocycles. The van der Waals surface area contributed by atoms with Gasteiger partial charge in [-0.2, -0.15) is 0 Å². The zero-order valence-electron chi connectivity index (χ0n) is 12.2. The van der Waals surface area contributed by atoms with Crippen LogP contribution in [0.25, 0.3) is 16.5 Å². The van der Waals surface area contributed by atoms with E-state index in [0.29, 0.717) is 0 Å². The van der Waals surface area contributed by atoms with Gasteiger partial charge >= 0.3 is 0 Å². The molecule has 1 aromatic heterocycles. The maximum absolute atomic E-state index is 4.56. The van der Waals surface area contributed by atoms with E-state index in [0.717, 1.165) is 34.8 Å². The van der Waals surface area contributed by atoms with Crippen molar-refractivity contribution < 1.29 is 0 Å². The minimum absolute atomic E-state index is 0.908. The van der Waals surface area contributed by atoms with Gasteiger partial charge in [0.1, 0.15) is 0 Å². The highest BCUT2D eigenvalue weighted by atomic mass is 79.9. The molecule has 108 valence electrons. The molecule has 0 radical (unpaired) electrons. The van der Waals surface area contributed by atoms with Gasteiger partial charge in [-0.15, -0.1) is 0 Å². The van der Waals surface area contributed by atoms with Gasteiger partial charge in [0.25, 0.3) is 0 Å². The predicted molar refractivity (Wildman–Crippen MR) is 92.3 cm³/mol. The predicted octanol–water partition coefficient (Wildman–Crippen LogP) is 4.92. The Balaban J connectivity index is 2.05. The number of rotatable bonds is 4. The molecule has 0 fully saturated rings. The second kappa shape index (κ2) is 5.90. The number of imidazole rings is 1. The molecule has 1 heterocycles. The summed E-state index contributed by atoms with van der Waals surface area (Å²) in [6.07, 6.45) is 3.15. The van der Waals surface area contributed by atoms with Crippen LogP contribution in [-0.2, 0) is 0 Å². The highest BCUT2D eigenvalue weighted by Gasteiger charge is 2.07. The smallest absolute Gasteiger partial charge is 0.207 e. The van der Waals surface area contributed by atoms with E-state index in [4.69, 9.17) is 0 Å². The summed E-state index contributed by atoms with van der Waals surface area (Å²) >= 11 is 3.51. The molecule has 4 heteroatoms. The molecular weight excluding hydrogens is 326 g/mol. The van der Waals surface area contributed by atoms with Crippen molar-refractivity contribution in [1.29, 1.82) is 0 Å². The van der Waals surface area contributed by atoms with Crippen molar-refractivity contribution in [3.63, 3.8) is 0 Å². The molecule has 0 unspecified atom stereocenters. The van der Waals surface area contributed by atoms with Gasteiger partial charge in [0.05, 0.1) is 5.69 Å². The lowest BCUT2D eigenvalue weighted by Gasteiger charge is -2.10. The normalized spacial score (nSPS) is 11.0. The Hall–Kier alpha value is -1.81. The van der Waals surface area contributed by atoms with Crippen LogP contribution in [0.4, 0.5) is 5.95 Å². The fourth-order valence-electron chi connectivity index (χ4n) is 2.41. The third-order valence-electron chi connectivity index (χ3n) is 3.42. The van der Waals surface area contributed by atoms with E-state index >= 15 is 0 Å². The molecule has 21 heavy (non-hydrogen) atoms. The molecule has 0 bridgehead atoms. The highest BCUT2D eigenvalue weighted by molar-refractivity contribution is 9.10. The van der Waals surface area contributed by atoms with Crippen LogP contribution in [0.3, 0.4) is 0 Å². The molecule has 0 amide bonds. The van der Waals surface area contributed by atoms with Gasteiger partial charge in [-0.05, 0) is 48.4 Å². The van der Waals surface area contributed by atoms with Crippen molar-refractivity contribution in [2.75, 3.05) is 11.9 Å². The highest BCUT2D eigenvalue weighted by Crippen LogP contribution is 2.24. The van der Waals surface area contributed by atoms with Crippen molar-refractivity contribution in [3.8, 4) is 5.69 Å². The summed E-state index contributed by atoms with van der Waals surface area (Å²) in [5, 5.41) is 5.84. The fourth-order valence-corrected chi connectivity index (χ4v) is 2.79. The topological polar surface area (TPSA) is 29.9 Å². The van der Waals surface area contributed by atoms with E-state index in [1.165, 1.54) is 10.8 Å². The third-order valence-corrected chi connectivity index (χ3v) is 3.92. The van der Waals surface area contributed by atoms with Gasteiger partial charge in [-0.25, -0.2) is 4.98 Å². The molecule has 0 aliphatic rings. The van der Waals surface area contributed by atoms with Gasteiger partial charge in [0.15, 0.2) is 0 Å². The van der Waals surface area contributed by atoms with Crippen LogP contribution >= 0.6 is 15.9 Å². The molecule has 0 spiro atoms. The van der Waals surface area contributed by atoms with E-state index in [1.807, 2.05) is 6.92 Å². The number of hydrogen-bond donors (Lipinski definition) is 1. The van der Waals surface area contributed by atoms with E-state index in [1.54, 1.807) is 0 Å². The molecular formula is C17H18BrN3. The molecule has 0 saturated heterocycles. The number of benzene rings is 2. The Morgan fingerprint density at radius 2 is 1.90 bits per heavy atom. The average molecular weight is 344 g/mol. The number of nitrogens with zero attached hydrogens (tertiary/aromatic N) is 2. The van der Waals surface area contributed by atoms with Crippen molar-refractivity contribution in [1.82, 2.24) is 9.55 Å². The first kappa shape index (κ1) is 14.1. The Bertz CT molecular complexity index is 777. The minimum atomic E-state index is 0.908. The number of hydrogen-bond acceptors (Lipinski definition) is 2. The lowest BCUT2D eigenvalue weighted by Crippen LogP contribution is -2.06. The fraction of sp³-hybridized carbons (Fsp3) is 0.235. The summed E-state index contributed by atoms with van der Waals surface area (Å²) in [6.45, 7) is 5.10. The lowest BCUT2D eigenvalue weighted by atomic mass is 10.1. The number of anilines is 1. The van der Waals surface area contributed by atoms with Gasteiger partial charge in [-0.3, -0.25) is 4.57 Å². The standard InChI is InChI=1S/C17H18BrN3/c1-3-8-19-17-20-12(2)11-21(17)16-7-5-13-9-15(18)6-4-14(13)10-16/h4-7,9-11H,3,8H2,1-2H3,(H,19,20). The van der Waals surface area contributed by atoms with E-state index in [9.17, 15) is 0 Å². The molecule has 0 saturated carbocycles. The molecule has 3 rings (SSSR count). The van der Waals surface area contributed by atoms with Gasteiger partial charge in [-0.1, -0.05) is 35.0 Å². The Morgan fingerprint density at radius 3 is 2.71 bits per heavy atom.